The molecule has 5 nitrogen and oxygen atoms in total. The number of phenolic OH excluding ortho intramolecular Hbond substituents is 1. The first-order valence-corrected chi connectivity index (χ1v) is 20.3. The van der Waals surface area contributed by atoms with Crippen molar-refractivity contribution in [2.24, 2.45) is 4.99 Å². The van der Waals surface area contributed by atoms with Gasteiger partial charge in [-0.3, -0.25) is 0 Å². The normalized spacial score (nSPS) is 15.1. The fourth-order valence-electron chi connectivity index (χ4n) is 9.00. The molecule has 11 rings (SSSR count). The number of aromatic hydroxyl groups is 1. The third-order valence-corrected chi connectivity index (χ3v) is 11.7. The number of nitrogens with zero attached hydrogens (tertiary/aromatic N) is 3. The van der Waals surface area contributed by atoms with Gasteiger partial charge >= 0.3 is 0 Å². The van der Waals surface area contributed by atoms with Gasteiger partial charge in [-0.05, 0) is 75.2 Å². The maximum Gasteiger partial charge on any atom is 0.217 e. The van der Waals surface area contributed by atoms with Crippen LogP contribution in [0.3, 0.4) is 0 Å². The smallest absolute Gasteiger partial charge is 0.217 e. The molecule has 1 aliphatic carbocycles. The van der Waals surface area contributed by atoms with Crippen LogP contribution in [0, 0.1) is 6.07 Å². The van der Waals surface area contributed by atoms with E-state index in [1.54, 1.807) is 6.07 Å². The van der Waals surface area contributed by atoms with Crippen molar-refractivity contribution in [1.82, 2.24) is 4.98 Å². The molecule has 0 spiro atoms. The largest absolute Gasteiger partial charge is 0.506 e. The molecule has 0 bridgehead atoms. The number of amidine groups is 1. The fraction of sp³-hybridized carbons (Fsp3) is 0.0545. The molecule has 0 radical (unpaired) electrons. The summed E-state index contributed by atoms with van der Waals surface area (Å²) in [6.45, 7) is 0. The van der Waals surface area contributed by atoms with Crippen LogP contribution in [0.25, 0.3) is 55.4 Å². The minimum atomic E-state index is -0.187. The third kappa shape index (κ3) is 7.01. The van der Waals surface area contributed by atoms with E-state index in [1.807, 2.05) is 36.4 Å². The summed E-state index contributed by atoms with van der Waals surface area (Å²) >= 11 is 0. The minimum absolute atomic E-state index is 0. The van der Waals surface area contributed by atoms with Crippen LogP contribution in [0.4, 0.5) is 5.69 Å². The van der Waals surface area contributed by atoms with Gasteiger partial charge in [0, 0.05) is 49.4 Å². The molecule has 61 heavy (non-hydrogen) atoms. The summed E-state index contributed by atoms with van der Waals surface area (Å²) in [6.07, 6.45) is 0.770. The zero-order chi connectivity index (χ0) is 40.0. The molecule has 6 heteroatoms. The Morgan fingerprint density at radius 2 is 1.18 bits per heavy atom. The minimum Gasteiger partial charge on any atom is -0.506 e. The molecule has 2 aliphatic rings. The number of benzene rings is 8. The number of pyridine rings is 1. The van der Waals surface area contributed by atoms with E-state index < -0.39 is 0 Å². The van der Waals surface area contributed by atoms with E-state index >= 15 is 0 Å². The average Bonchev–Trinajstić information content (AvgIpc) is 3.61. The number of rotatable bonds is 7. The predicted molar refractivity (Wildman–Crippen MR) is 243 cm³/mol. The molecule has 1 aliphatic heterocycles. The average molecular weight is 968 g/mol. The summed E-state index contributed by atoms with van der Waals surface area (Å²) in [5.74, 6) is 1.79. The van der Waals surface area contributed by atoms with Crippen molar-refractivity contribution in [2.45, 2.75) is 18.5 Å². The maximum atomic E-state index is 10.6. The molecule has 0 saturated heterocycles. The van der Waals surface area contributed by atoms with Gasteiger partial charge in [-0.25, -0.2) is 4.98 Å². The van der Waals surface area contributed by atoms with E-state index in [9.17, 15) is 5.11 Å². The first-order chi connectivity index (χ1) is 29.7. The number of fused-ring (bicyclic) bond motifs is 6. The topological polar surface area (TPSA) is 58.0 Å². The molecule has 9 aromatic rings. The summed E-state index contributed by atoms with van der Waals surface area (Å²) in [5.41, 5.74) is 14.1. The van der Waals surface area contributed by atoms with Crippen molar-refractivity contribution in [3.8, 4) is 61.9 Å². The SMILES string of the molecule is Oc1cccc2ccc(Oc3[c-]c(C4=N[C@H]5c6ccccc6-c6ccccc6C[C@H]5N4c4c(-c5ccccc5)cc(-c5ccccc5)cc4-c4ccccc4)ccc3)nc12.[Pt]. The number of aromatic nitrogens is 1. The molecule has 0 fully saturated rings. The molecule has 296 valence electrons. The third-order valence-electron chi connectivity index (χ3n) is 11.7. The molecular formula is C55H38N3O2Pt-. The van der Waals surface area contributed by atoms with Gasteiger partial charge in [0.05, 0.1) is 23.6 Å². The van der Waals surface area contributed by atoms with Crippen LogP contribution < -0.4 is 9.64 Å². The number of para-hydroxylation sites is 1. The zero-order valence-electron chi connectivity index (χ0n) is 32.9. The van der Waals surface area contributed by atoms with E-state index in [2.05, 4.69) is 174 Å². The van der Waals surface area contributed by atoms with Crippen LogP contribution in [-0.4, -0.2) is 22.0 Å². The first-order valence-electron chi connectivity index (χ1n) is 20.3. The van der Waals surface area contributed by atoms with Crippen molar-refractivity contribution in [3.05, 3.63) is 223 Å². The Hall–Kier alpha value is -7.07. The molecular weight excluding hydrogens is 930 g/mol. The van der Waals surface area contributed by atoms with Gasteiger partial charge in [-0.2, -0.15) is 0 Å². The van der Waals surface area contributed by atoms with Crippen LogP contribution >= 0.6 is 0 Å². The van der Waals surface area contributed by atoms with Gasteiger partial charge in [0.25, 0.3) is 0 Å². The Balaban J connectivity index is 0.00000445. The van der Waals surface area contributed by atoms with Crippen LogP contribution in [-0.2, 0) is 27.5 Å². The molecule has 0 saturated carbocycles. The quantitative estimate of drug-likeness (QED) is 0.162. The van der Waals surface area contributed by atoms with Crippen molar-refractivity contribution in [3.63, 3.8) is 0 Å². The van der Waals surface area contributed by atoms with Gasteiger partial charge in [-0.15, -0.1) is 23.8 Å². The molecule has 0 unspecified atom stereocenters. The second-order valence-corrected chi connectivity index (χ2v) is 15.3. The first kappa shape index (κ1) is 38.2. The Labute approximate surface area is 369 Å². The summed E-state index contributed by atoms with van der Waals surface area (Å²) in [5, 5.41) is 11.4. The van der Waals surface area contributed by atoms with Gasteiger partial charge in [-0.1, -0.05) is 158 Å². The number of hydrogen-bond acceptors (Lipinski definition) is 5. The van der Waals surface area contributed by atoms with E-state index in [4.69, 9.17) is 9.73 Å². The van der Waals surface area contributed by atoms with Crippen LogP contribution in [0.1, 0.15) is 22.7 Å². The molecule has 2 heterocycles. The van der Waals surface area contributed by atoms with Crippen molar-refractivity contribution >= 4 is 22.4 Å². The summed E-state index contributed by atoms with van der Waals surface area (Å²) < 4.78 is 6.42. The number of hydrogen-bond donors (Lipinski definition) is 1. The Morgan fingerprint density at radius 3 is 1.90 bits per heavy atom. The van der Waals surface area contributed by atoms with Gasteiger partial charge in [0.2, 0.25) is 5.88 Å². The standard InChI is InChI=1S/C55H38N3O2.Pt/c59-50-29-15-23-39-30-31-51(56-52(39)50)60-43-25-14-24-41(32-43)55-57-53-46-28-13-12-27-45(46)44-26-11-10-22-40(44)35-49(53)58(55)54-47(37-18-6-2-7-19-37)33-42(36-16-4-1-5-17-36)34-48(54)38-20-8-3-9-21-38;/h1-31,33-34,49,53,59H,35H2;/q-1;/t49-,53+;/m1./s1. The Morgan fingerprint density at radius 1 is 0.557 bits per heavy atom. The molecule has 1 aromatic heterocycles. The fourth-order valence-corrected chi connectivity index (χ4v) is 9.00. The van der Waals surface area contributed by atoms with Crippen LogP contribution in [0.5, 0.6) is 17.4 Å². The maximum absolute atomic E-state index is 10.6. The molecule has 2 atom stereocenters. The van der Waals surface area contributed by atoms with E-state index in [0.717, 1.165) is 62.3 Å². The second kappa shape index (κ2) is 16.2. The van der Waals surface area contributed by atoms with Crippen molar-refractivity contribution in [1.29, 1.82) is 0 Å². The molecule has 1 N–H and O–H groups in total. The van der Waals surface area contributed by atoms with Crippen LogP contribution in [0.2, 0.25) is 0 Å². The van der Waals surface area contributed by atoms with Gasteiger partial charge < -0.3 is 19.7 Å². The Kier molecular flexibility index (Phi) is 10.1. The van der Waals surface area contributed by atoms with E-state index in [-0.39, 0.29) is 38.9 Å². The predicted octanol–water partition coefficient (Wildman–Crippen LogP) is 13.1. The van der Waals surface area contributed by atoms with Crippen LogP contribution in [0.15, 0.2) is 205 Å². The summed E-state index contributed by atoms with van der Waals surface area (Å²) in [4.78, 5) is 13.0. The summed E-state index contributed by atoms with van der Waals surface area (Å²) in [6, 6.07) is 72.7. The summed E-state index contributed by atoms with van der Waals surface area (Å²) in [7, 11) is 0. The Bertz CT molecular complexity index is 3020. The van der Waals surface area contributed by atoms with Crippen molar-refractivity contribution in [2.75, 3.05) is 4.90 Å². The van der Waals surface area contributed by atoms with Gasteiger partial charge in [0.15, 0.2) is 0 Å². The second-order valence-electron chi connectivity index (χ2n) is 15.3. The van der Waals surface area contributed by atoms with E-state index in [1.165, 1.54) is 22.3 Å². The van der Waals surface area contributed by atoms with Crippen molar-refractivity contribution < 1.29 is 30.9 Å². The number of phenols is 1. The van der Waals surface area contributed by atoms with Gasteiger partial charge in [0.1, 0.15) is 11.3 Å². The number of aliphatic imine (C=N–C) groups is 1. The monoisotopic (exact) mass is 967 g/mol. The number of anilines is 1. The zero-order valence-corrected chi connectivity index (χ0v) is 35.2. The van der Waals surface area contributed by atoms with E-state index in [0.29, 0.717) is 17.1 Å². The molecule has 0 amide bonds. The number of ether oxygens (including phenoxy) is 1. The molecule has 8 aromatic carbocycles.